The smallest absolute Gasteiger partial charge is 0.270 e. The van der Waals surface area contributed by atoms with E-state index in [1.54, 1.807) is 19.9 Å². The third kappa shape index (κ3) is 2.73. The molecule has 1 N–H and O–H groups in total. The predicted molar refractivity (Wildman–Crippen MR) is 69.0 cm³/mol. The first-order chi connectivity index (χ1) is 8.80. The molecule has 6 nitrogen and oxygen atoms in total. The van der Waals surface area contributed by atoms with Gasteiger partial charge in [0.15, 0.2) is 0 Å². The number of β-amino-alcohol motifs (C(OH)–C–C–N with tert-alkyl or cyclic N) is 1. The molecule has 1 aromatic carbocycles. The van der Waals surface area contributed by atoms with Crippen molar-refractivity contribution in [2.75, 3.05) is 13.1 Å². The summed E-state index contributed by atoms with van der Waals surface area (Å²) in [6, 6.07) is 4.25. The molecule has 0 aromatic heterocycles. The first-order valence-electron chi connectivity index (χ1n) is 6.07. The number of non-ortho nitro benzene ring substituents is 1. The van der Waals surface area contributed by atoms with Gasteiger partial charge in [0, 0.05) is 30.8 Å². The summed E-state index contributed by atoms with van der Waals surface area (Å²) in [7, 11) is 0. The van der Waals surface area contributed by atoms with Crippen LogP contribution in [0.1, 0.15) is 29.3 Å². The van der Waals surface area contributed by atoms with Crippen molar-refractivity contribution >= 4 is 11.6 Å². The van der Waals surface area contributed by atoms with Crippen molar-refractivity contribution in [1.82, 2.24) is 4.90 Å². The molecule has 1 heterocycles. The predicted octanol–water partition coefficient (Wildman–Crippen LogP) is 1.50. The molecule has 1 aliphatic rings. The largest absolute Gasteiger partial charge is 0.388 e. The molecular weight excluding hydrogens is 248 g/mol. The molecule has 19 heavy (non-hydrogen) atoms. The summed E-state index contributed by atoms with van der Waals surface area (Å²) >= 11 is 0. The molecule has 0 saturated carbocycles. The molecular formula is C13H16N2O4. The molecule has 1 saturated heterocycles. The molecule has 1 aliphatic heterocycles. The van der Waals surface area contributed by atoms with Crippen LogP contribution in [0.4, 0.5) is 5.69 Å². The standard InChI is InChI=1S/C13H16N2O4/c1-9-3-4-10(15(18)19)7-11(9)12(16)14-6-5-13(2,17)8-14/h3-4,7,17H,5-6,8H2,1-2H3. The number of amides is 1. The van der Waals surface area contributed by atoms with Crippen LogP contribution in [-0.4, -0.2) is 39.5 Å². The van der Waals surface area contributed by atoms with Crippen LogP contribution in [0.5, 0.6) is 0 Å². The number of rotatable bonds is 2. The molecule has 1 fully saturated rings. The van der Waals surface area contributed by atoms with Crippen LogP contribution in [0.2, 0.25) is 0 Å². The van der Waals surface area contributed by atoms with E-state index in [1.165, 1.54) is 17.0 Å². The van der Waals surface area contributed by atoms with E-state index in [0.29, 0.717) is 24.1 Å². The Balaban J connectivity index is 2.29. The number of benzene rings is 1. The molecule has 2 rings (SSSR count). The lowest BCUT2D eigenvalue weighted by Gasteiger charge is -2.19. The van der Waals surface area contributed by atoms with E-state index in [1.807, 2.05) is 0 Å². The Bertz CT molecular complexity index is 539. The number of nitro benzene ring substituents is 1. The number of nitro groups is 1. The van der Waals surface area contributed by atoms with Gasteiger partial charge in [-0.25, -0.2) is 0 Å². The molecule has 0 bridgehead atoms. The Morgan fingerprint density at radius 1 is 1.53 bits per heavy atom. The summed E-state index contributed by atoms with van der Waals surface area (Å²) < 4.78 is 0. The van der Waals surface area contributed by atoms with Crippen molar-refractivity contribution in [3.8, 4) is 0 Å². The minimum atomic E-state index is -0.871. The summed E-state index contributed by atoms with van der Waals surface area (Å²) in [5.74, 6) is -0.265. The van der Waals surface area contributed by atoms with E-state index in [-0.39, 0.29) is 18.1 Å². The van der Waals surface area contributed by atoms with Gasteiger partial charge in [-0.05, 0) is 25.8 Å². The second-order valence-electron chi connectivity index (χ2n) is 5.23. The number of aliphatic hydroxyl groups is 1. The SMILES string of the molecule is Cc1ccc([N+](=O)[O-])cc1C(=O)N1CCC(C)(O)C1. The number of hydrogen-bond donors (Lipinski definition) is 1. The lowest BCUT2D eigenvalue weighted by Crippen LogP contribution is -2.34. The van der Waals surface area contributed by atoms with Gasteiger partial charge in [0.1, 0.15) is 0 Å². The zero-order valence-corrected chi connectivity index (χ0v) is 10.9. The normalized spacial score (nSPS) is 22.6. The van der Waals surface area contributed by atoms with E-state index in [0.717, 1.165) is 0 Å². The maximum Gasteiger partial charge on any atom is 0.270 e. The minimum Gasteiger partial charge on any atom is -0.388 e. The Hall–Kier alpha value is -1.95. The highest BCUT2D eigenvalue weighted by atomic mass is 16.6. The van der Waals surface area contributed by atoms with E-state index in [9.17, 15) is 20.0 Å². The summed E-state index contributed by atoms with van der Waals surface area (Å²) in [6.07, 6.45) is 0.521. The molecule has 0 spiro atoms. The van der Waals surface area contributed by atoms with Crippen molar-refractivity contribution in [3.63, 3.8) is 0 Å². The van der Waals surface area contributed by atoms with Crippen molar-refractivity contribution in [3.05, 3.63) is 39.4 Å². The zero-order valence-electron chi connectivity index (χ0n) is 10.9. The molecule has 1 amide bonds. The van der Waals surface area contributed by atoms with Gasteiger partial charge < -0.3 is 10.0 Å². The van der Waals surface area contributed by atoms with Gasteiger partial charge in [0.2, 0.25) is 0 Å². The van der Waals surface area contributed by atoms with Gasteiger partial charge in [0.25, 0.3) is 11.6 Å². The fourth-order valence-electron chi connectivity index (χ4n) is 2.24. The van der Waals surface area contributed by atoms with Crippen LogP contribution < -0.4 is 0 Å². The topological polar surface area (TPSA) is 83.7 Å². The quantitative estimate of drug-likeness (QED) is 0.648. The number of aryl methyl sites for hydroxylation is 1. The molecule has 1 aromatic rings. The van der Waals surface area contributed by atoms with Gasteiger partial charge in [0.05, 0.1) is 10.5 Å². The fourth-order valence-corrected chi connectivity index (χ4v) is 2.24. The second-order valence-corrected chi connectivity index (χ2v) is 5.23. The summed E-state index contributed by atoms with van der Waals surface area (Å²) in [4.78, 5) is 24.1. The Kier molecular flexibility index (Phi) is 3.28. The Labute approximate surface area is 110 Å². The number of hydrogen-bond acceptors (Lipinski definition) is 4. The maximum atomic E-state index is 12.3. The number of nitrogens with zero attached hydrogens (tertiary/aromatic N) is 2. The summed E-state index contributed by atoms with van der Waals surface area (Å²) in [6.45, 7) is 4.15. The van der Waals surface area contributed by atoms with Crippen molar-refractivity contribution in [2.45, 2.75) is 25.9 Å². The second kappa shape index (κ2) is 4.62. The van der Waals surface area contributed by atoms with Crippen LogP contribution >= 0.6 is 0 Å². The lowest BCUT2D eigenvalue weighted by atomic mass is 10.1. The summed E-state index contributed by atoms with van der Waals surface area (Å²) in [5.41, 5.74) is 0.0542. The first-order valence-corrected chi connectivity index (χ1v) is 6.07. The number of carbonyl (C=O) groups is 1. The van der Waals surface area contributed by atoms with E-state index in [2.05, 4.69) is 0 Å². The molecule has 1 atom stereocenters. The van der Waals surface area contributed by atoms with Crippen LogP contribution in [-0.2, 0) is 0 Å². The third-order valence-electron chi connectivity index (χ3n) is 3.40. The van der Waals surface area contributed by atoms with Crippen LogP contribution in [0, 0.1) is 17.0 Å². The van der Waals surface area contributed by atoms with Gasteiger partial charge >= 0.3 is 0 Å². The first kappa shape index (κ1) is 13.5. The van der Waals surface area contributed by atoms with Crippen molar-refractivity contribution in [2.24, 2.45) is 0 Å². The van der Waals surface area contributed by atoms with Gasteiger partial charge in [-0.2, -0.15) is 0 Å². The van der Waals surface area contributed by atoms with Crippen molar-refractivity contribution in [1.29, 1.82) is 0 Å². The molecule has 0 aliphatic carbocycles. The average molecular weight is 264 g/mol. The molecule has 102 valence electrons. The van der Waals surface area contributed by atoms with Crippen molar-refractivity contribution < 1.29 is 14.8 Å². The van der Waals surface area contributed by atoms with Crippen LogP contribution in [0.15, 0.2) is 18.2 Å². The van der Waals surface area contributed by atoms with Gasteiger partial charge in [-0.3, -0.25) is 14.9 Å². The highest BCUT2D eigenvalue weighted by Crippen LogP contribution is 2.24. The molecule has 6 heteroatoms. The van der Waals surface area contributed by atoms with Gasteiger partial charge in [-0.15, -0.1) is 0 Å². The van der Waals surface area contributed by atoms with E-state index < -0.39 is 10.5 Å². The highest BCUT2D eigenvalue weighted by Gasteiger charge is 2.34. The minimum absolute atomic E-state index is 0.0973. The average Bonchev–Trinajstić information content (AvgIpc) is 2.69. The summed E-state index contributed by atoms with van der Waals surface area (Å²) in [5, 5.41) is 20.6. The lowest BCUT2D eigenvalue weighted by molar-refractivity contribution is -0.384. The van der Waals surface area contributed by atoms with Crippen LogP contribution in [0.25, 0.3) is 0 Å². The molecule has 1 unspecified atom stereocenters. The highest BCUT2D eigenvalue weighted by molar-refractivity contribution is 5.96. The maximum absolute atomic E-state index is 12.3. The van der Waals surface area contributed by atoms with E-state index >= 15 is 0 Å². The molecule has 0 radical (unpaired) electrons. The zero-order chi connectivity index (χ0) is 14.2. The van der Waals surface area contributed by atoms with Gasteiger partial charge in [-0.1, -0.05) is 6.07 Å². The third-order valence-corrected chi connectivity index (χ3v) is 3.40. The van der Waals surface area contributed by atoms with E-state index in [4.69, 9.17) is 0 Å². The number of likely N-dealkylation sites (tertiary alicyclic amines) is 1. The Morgan fingerprint density at radius 2 is 2.21 bits per heavy atom. The van der Waals surface area contributed by atoms with Crippen LogP contribution in [0.3, 0.4) is 0 Å². The monoisotopic (exact) mass is 264 g/mol. The number of carbonyl (C=O) groups excluding carboxylic acids is 1. The fraction of sp³-hybridized carbons (Fsp3) is 0.462. The Morgan fingerprint density at radius 3 is 2.74 bits per heavy atom.